The Balaban J connectivity index is 2.05. The molecule has 6 heteroatoms. The molecular formula is C18H14ClN3O2. The minimum absolute atomic E-state index is 0.0593. The Kier molecular flexibility index (Phi) is 4.35. The molecule has 0 aliphatic heterocycles. The highest BCUT2D eigenvalue weighted by Crippen LogP contribution is 2.28. The molecule has 0 saturated heterocycles. The molecule has 5 nitrogen and oxygen atoms in total. The van der Waals surface area contributed by atoms with Crippen LogP contribution in [0.5, 0.6) is 0 Å². The van der Waals surface area contributed by atoms with Gasteiger partial charge in [0.15, 0.2) is 0 Å². The number of benzene rings is 2. The van der Waals surface area contributed by atoms with Crippen molar-refractivity contribution in [1.29, 1.82) is 0 Å². The number of anilines is 3. The van der Waals surface area contributed by atoms with E-state index in [1.807, 2.05) is 30.3 Å². The van der Waals surface area contributed by atoms with Gasteiger partial charge in [0.25, 0.3) is 0 Å². The van der Waals surface area contributed by atoms with Gasteiger partial charge >= 0.3 is 5.97 Å². The Morgan fingerprint density at radius 3 is 2.50 bits per heavy atom. The van der Waals surface area contributed by atoms with Crippen molar-refractivity contribution in [3.05, 3.63) is 71.2 Å². The molecule has 0 fully saturated rings. The fourth-order valence-electron chi connectivity index (χ4n) is 2.27. The SMILES string of the molecule is Nc1cc(Cl)ccc1Nc1nc(-c2ccccc2)ccc1C(=O)O. The molecule has 1 heterocycles. The summed E-state index contributed by atoms with van der Waals surface area (Å²) in [5.41, 5.74) is 8.48. The van der Waals surface area contributed by atoms with Crippen molar-refractivity contribution in [3.63, 3.8) is 0 Å². The summed E-state index contributed by atoms with van der Waals surface area (Å²) in [4.78, 5) is 15.9. The van der Waals surface area contributed by atoms with Gasteiger partial charge < -0.3 is 16.2 Å². The first-order valence-electron chi connectivity index (χ1n) is 7.16. The van der Waals surface area contributed by atoms with Gasteiger partial charge in [-0.1, -0.05) is 41.9 Å². The minimum Gasteiger partial charge on any atom is -0.478 e. The predicted molar refractivity (Wildman–Crippen MR) is 95.8 cm³/mol. The summed E-state index contributed by atoms with van der Waals surface area (Å²) in [6.45, 7) is 0. The second-order valence-electron chi connectivity index (χ2n) is 5.12. The van der Waals surface area contributed by atoms with Crippen LogP contribution in [0.3, 0.4) is 0 Å². The van der Waals surface area contributed by atoms with Crippen molar-refractivity contribution in [2.45, 2.75) is 0 Å². The lowest BCUT2D eigenvalue weighted by Gasteiger charge is -2.12. The lowest BCUT2D eigenvalue weighted by atomic mass is 10.1. The van der Waals surface area contributed by atoms with E-state index in [2.05, 4.69) is 10.3 Å². The van der Waals surface area contributed by atoms with Crippen LogP contribution in [0.1, 0.15) is 10.4 Å². The summed E-state index contributed by atoms with van der Waals surface area (Å²) < 4.78 is 0. The first-order chi connectivity index (χ1) is 11.5. The summed E-state index contributed by atoms with van der Waals surface area (Å²) in [6.07, 6.45) is 0. The highest BCUT2D eigenvalue weighted by atomic mass is 35.5. The summed E-state index contributed by atoms with van der Waals surface area (Å²) >= 11 is 5.89. The Labute approximate surface area is 143 Å². The highest BCUT2D eigenvalue weighted by Gasteiger charge is 2.14. The number of nitrogens with zero attached hydrogens (tertiary/aromatic N) is 1. The molecule has 0 amide bonds. The van der Waals surface area contributed by atoms with Crippen LogP contribution >= 0.6 is 11.6 Å². The molecule has 0 spiro atoms. The number of nitrogens with two attached hydrogens (primary N) is 1. The van der Waals surface area contributed by atoms with Crippen molar-refractivity contribution in [2.24, 2.45) is 0 Å². The van der Waals surface area contributed by atoms with E-state index in [1.165, 1.54) is 6.07 Å². The largest absolute Gasteiger partial charge is 0.478 e. The van der Waals surface area contributed by atoms with Crippen molar-refractivity contribution < 1.29 is 9.90 Å². The van der Waals surface area contributed by atoms with Crippen LogP contribution in [0.15, 0.2) is 60.7 Å². The molecule has 24 heavy (non-hydrogen) atoms. The molecule has 0 radical (unpaired) electrons. The first kappa shape index (κ1) is 15.8. The predicted octanol–water partition coefficient (Wildman–Crippen LogP) is 4.43. The molecule has 0 aliphatic rings. The maximum atomic E-state index is 11.5. The number of hydrogen-bond acceptors (Lipinski definition) is 4. The van der Waals surface area contributed by atoms with E-state index in [9.17, 15) is 9.90 Å². The fourth-order valence-corrected chi connectivity index (χ4v) is 2.45. The van der Waals surface area contributed by atoms with E-state index in [1.54, 1.807) is 24.3 Å². The van der Waals surface area contributed by atoms with Gasteiger partial charge in [0.2, 0.25) is 0 Å². The zero-order valence-electron chi connectivity index (χ0n) is 12.5. The normalized spacial score (nSPS) is 10.4. The third kappa shape index (κ3) is 3.31. The number of aromatic carboxylic acids is 1. The number of aromatic nitrogens is 1. The van der Waals surface area contributed by atoms with Gasteiger partial charge in [0, 0.05) is 10.6 Å². The maximum absolute atomic E-state index is 11.5. The Hall–Kier alpha value is -3.05. The van der Waals surface area contributed by atoms with Crippen LogP contribution in [-0.2, 0) is 0 Å². The number of nitrogens with one attached hydrogen (secondary N) is 1. The second kappa shape index (κ2) is 6.60. The average molecular weight is 340 g/mol. The standard InChI is InChI=1S/C18H14ClN3O2/c19-12-6-8-16(14(20)10-12)22-17-13(18(23)24)7-9-15(21-17)11-4-2-1-3-5-11/h1-10H,20H2,(H,21,22)(H,23,24). The monoisotopic (exact) mass is 339 g/mol. The minimum atomic E-state index is -1.07. The van der Waals surface area contributed by atoms with Crippen molar-refractivity contribution in [3.8, 4) is 11.3 Å². The number of carboxylic acid groups (broad SMARTS) is 1. The quantitative estimate of drug-likeness (QED) is 0.612. The summed E-state index contributed by atoms with van der Waals surface area (Å²) in [5, 5.41) is 12.9. The summed E-state index contributed by atoms with van der Waals surface area (Å²) in [6, 6.07) is 17.6. The molecule has 3 aromatic rings. The van der Waals surface area contributed by atoms with Crippen LogP contribution in [0, 0.1) is 0 Å². The van der Waals surface area contributed by atoms with Gasteiger partial charge in [0.1, 0.15) is 11.4 Å². The Morgan fingerprint density at radius 1 is 1.08 bits per heavy atom. The summed E-state index contributed by atoms with van der Waals surface area (Å²) in [7, 11) is 0. The molecule has 2 aromatic carbocycles. The Morgan fingerprint density at radius 2 is 1.83 bits per heavy atom. The number of nitrogen functional groups attached to an aromatic ring is 1. The third-order valence-corrected chi connectivity index (χ3v) is 3.70. The van der Waals surface area contributed by atoms with Crippen LogP contribution in [0.25, 0.3) is 11.3 Å². The lowest BCUT2D eigenvalue weighted by molar-refractivity contribution is 0.0697. The maximum Gasteiger partial charge on any atom is 0.339 e. The van der Waals surface area contributed by atoms with E-state index in [0.717, 1.165) is 5.56 Å². The van der Waals surface area contributed by atoms with Crippen LogP contribution in [0.2, 0.25) is 5.02 Å². The van der Waals surface area contributed by atoms with Gasteiger partial charge in [-0.3, -0.25) is 0 Å². The average Bonchev–Trinajstić information content (AvgIpc) is 2.58. The molecule has 0 aliphatic carbocycles. The third-order valence-electron chi connectivity index (χ3n) is 3.46. The molecule has 1 aromatic heterocycles. The molecule has 4 N–H and O–H groups in total. The number of pyridine rings is 1. The summed E-state index contributed by atoms with van der Waals surface area (Å²) in [5.74, 6) is -0.852. The second-order valence-corrected chi connectivity index (χ2v) is 5.56. The van der Waals surface area contributed by atoms with Crippen LogP contribution in [0.4, 0.5) is 17.2 Å². The molecule has 0 bridgehead atoms. The smallest absolute Gasteiger partial charge is 0.339 e. The van der Waals surface area contributed by atoms with E-state index < -0.39 is 5.97 Å². The molecule has 0 saturated carbocycles. The van der Waals surface area contributed by atoms with E-state index in [-0.39, 0.29) is 11.4 Å². The van der Waals surface area contributed by atoms with Gasteiger partial charge in [-0.15, -0.1) is 0 Å². The number of carboxylic acids is 1. The van der Waals surface area contributed by atoms with Crippen molar-refractivity contribution in [2.75, 3.05) is 11.1 Å². The molecule has 120 valence electrons. The molecular weight excluding hydrogens is 326 g/mol. The number of hydrogen-bond donors (Lipinski definition) is 3. The Bertz CT molecular complexity index is 898. The first-order valence-corrected chi connectivity index (χ1v) is 7.54. The molecule has 0 atom stereocenters. The van der Waals surface area contributed by atoms with Gasteiger partial charge in [-0.25, -0.2) is 9.78 Å². The van der Waals surface area contributed by atoms with Gasteiger partial charge in [-0.05, 0) is 30.3 Å². The van der Waals surface area contributed by atoms with Crippen molar-refractivity contribution in [1.82, 2.24) is 4.98 Å². The number of halogens is 1. The molecule has 3 rings (SSSR count). The highest BCUT2D eigenvalue weighted by molar-refractivity contribution is 6.31. The van der Waals surface area contributed by atoms with Crippen LogP contribution in [-0.4, -0.2) is 16.1 Å². The van der Waals surface area contributed by atoms with E-state index in [0.29, 0.717) is 22.1 Å². The zero-order valence-corrected chi connectivity index (χ0v) is 13.3. The topological polar surface area (TPSA) is 88.2 Å². The van der Waals surface area contributed by atoms with Gasteiger partial charge in [-0.2, -0.15) is 0 Å². The van der Waals surface area contributed by atoms with E-state index in [4.69, 9.17) is 17.3 Å². The number of carbonyl (C=O) groups is 1. The zero-order chi connectivity index (χ0) is 17.1. The lowest BCUT2D eigenvalue weighted by Crippen LogP contribution is -2.06. The van der Waals surface area contributed by atoms with Gasteiger partial charge in [0.05, 0.1) is 17.1 Å². The number of rotatable bonds is 4. The van der Waals surface area contributed by atoms with Crippen LogP contribution < -0.4 is 11.1 Å². The fraction of sp³-hybridized carbons (Fsp3) is 0. The molecule has 0 unspecified atom stereocenters. The van der Waals surface area contributed by atoms with Crippen molar-refractivity contribution >= 4 is 34.8 Å². The van der Waals surface area contributed by atoms with E-state index >= 15 is 0 Å².